The molecule has 1 aromatic carbocycles. The summed E-state index contributed by atoms with van der Waals surface area (Å²) >= 11 is 3.34. The van der Waals surface area contributed by atoms with Crippen molar-refractivity contribution in [3.8, 4) is 0 Å². The lowest BCUT2D eigenvalue weighted by atomic mass is 10.2. The fourth-order valence-electron chi connectivity index (χ4n) is 2.01. The Morgan fingerprint density at radius 3 is 2.58 bits per heavy atom. The molecular weight excluding hydrogens is 370 g/mol. The summed E-state index contributed by atoms with van der Waals surface area (Å²) in [6.07, 6.45) is 3.51. The van der Waals surface area contributed by atoms with Crippen LogP contribution in [0.3, 0.4) is 0 Å². The van der Waals surface area contributed by atoms with E-state index in [0.29, 0.717) is 23.7 Å². The fourth-order valence-corrected chi connectivity index (χ4v) is 2.41. The van der Waals surface area contributed by atoms with Crippen LogP contribution in [-0.2, 0) is 6.54 Å². The molecule has 0 aliphatic heterocycles. The Hall–Kier alpha value is -2.80. The molecule has 2 heterocycles. The average molecular weight is 384 g/mol. The van der Waals surface area contributed by atoms with E-state index in [1.165, 1.54) is 0 Å². The van der Waals surface area contributed by atoms with E-state index in [1.807, 2.05) is 18.2 Å². The van der Waals surface area contributed by atoms with Crippen molar-refractivity contribution in [1.82, 2.24) is 15.2 Å². The van der Waals surface area contributed by atoms with E-state index in [-0.39, 0.29) is 5.91 Å². The van der Waals surface area contributed by atoms with Crippen LogP contribution in [0.4, 0.5) is 11.6 Å². The van der Waals surface area contributed by atoms with Crippen LogP contribution in [0.25, 0.3) is 0 Å². The van der Waals surface area contributed by atoms with Crippen LogP contribution < -0.4 is 10.6 Å². The molecule has 0 aliphatic carbocycles. The van der Waals surface area contributed by atoms with E-state index >= 15 is 0 Å². The maximum absolute atomic E-state index is 12.1. The first-order valence-corrected chi connectivity index (χ1v) is 8.03. The van der Waals surface area contributed by atoms with Gasteiger partial charge in [-0.25, -0.2) is 0 Å². The molecule has 0 bridgehead atoms. The third-order valence-corrected chi connectivity index (χ3v) is 3.68. The van der Waals surface area contributed by atoms with Gasteiger partial charge < -0.3 is 10.6 Å². The predicted octanol–water partition coefficient (Wildman–Crippen LogP) is 3.50. The highest BCUT2D eigenvalue weighted by Gasteiger charge is 2.07. The van der Waals surface area contributed by atoms with Gasteiger partial charge in [0.25, 0.3) is 5.91 Å². The van der Waals surface area contributed by atoms with Gasteiger partial charge in [-0.05, 0) is 42.0 Å². The van der Waals surface area contributed by atoms with Gasteiger partial charge in [-0.1, -0.05) is 28.1 Å². The van der Waals surface area contributed by atoms with Crippen molar-refractivity contribution in [2.75, 3.05) is 10.6 Å². The Balaban J connectivity index is 1.59. The van der Waals surface area contributed by atoms with E-state index in [2.05, 4.69) is 41.7 Å². The number of rotatable bonds is 5. The van der Waals surface area contributed by atoms with E-state index < -0.39 is 0 Å². The van der Waals surface area contributed by atoms with Crippen molar-refractivity contribution in [1.29, 1.82) is 0 Å². The number of hydrogen-bond donors (Lipinski definition) is 2. The predicted molar refractivity (Wildman–Crippen MR) is 95.7 cm³/mol. The molecule has 0 saturated carbocycles. The molecule has 0 atom stereocenters. The first-order valence-electron chi connectivity index (χ1n) is 7.24. The molecule has 0 aliphatic rings. The van der Waals surface area contributed by atoms with Crippen molar-refractivity contribution < 1.29 is 4.79 Å². The molecule has 7 heteroatoms. The van der Waals surface area contributed by atoms with Gasteiger partial charge in [-0.15, -0.1) is 10.2 Å². The lowest BCUT2D eigenvalue weighted by Gasteiger charge is -2.07. The minimum Gasteiger partial charge on any atom is -0.364 e. The minimum absolute atomic E-state index is 0.235. The number of hydrogen-bond acceptors (Lipinski definition) is 5. The normalized spacial score (nSPS) is 10.2. The molecule has 0 saturated heterocycles. The number of carbonyl (C=O) groups is 1. The van der Waals surface area contributed by atoms with Crippen molar-refractivity contribution >= 4 is 33.5 Å². The molecule has 0 fully saturated rings. The van der Waals surface area contributed by atoms with Gasteiger partial charge in [0.15, 0.2) is 5.82 Å². The van der Waals surface area contributed by atoms with Crippen LogP contribution in [0.1, 0.15) is 15.9 Å². The molecule has 0 unspecified atom stereocenters. The number of carbonyl (C=O) groups excluding carboxylic acids is 1. The van der Waals surface area contributed by atoms with Gasteiger partial charge in [0.2, 0.25) is 0 Å². The molecule has 24 heavy (non-hydrogen) atoms. The van der Waals surface area contributed by atoms with Gasteiger partial charge in [0, 0.05) is 29.0 Å². The summed E-state index contributed by atoms with van der Waals surface area (Å²) in [5.41, 5.74) is 1.59. The fraction of sp³-hybridized carbons (Fsp3) is 0.0588. The summed E-state index contributed by atoms with van der Waals surface area (Å²) in [6, 6.07) is 14.5. The molecule has 3 rings (SSSR count). The Bertz CT molecular complexity index is 824. The monoisotopic (exact) mass is 383 g/mol. The number of pyridine rings is 1. The quantitative estimate of drug-likeness (QED) is 0.704. The van der Waals surface area contributed by atoms with Gasteiger partial charge in [0.1, 0.15) is 5.82 Å². The van der Waals surface area contributed by atoms with E-state index in [9.17, 15) is 4.79 Å². The van der Waals surface area contributed by atoms with Crippen molar-refractivity contribution in [2.24, 2.45) is 0 Å². The Morgan fingerprint density at radius 2 is 1.88 bits per heavy atom. The van der Waals surface area contributed by atoms with Gasteiger partial charge in [-0.2, -0.15) is 0 Å². The number of aromatic nitrogens is 3. The second-order valence-electron chi connectivity index (χ2n) is 4.98. The highest BCUT2D eigenvalue weighted by Crippen LogP contribution is 2.14. The topological polar surface area (TPSA) is 79.8 Å². The molecule has 1 amide bonds. The van der Waals surface area contributed by atoms with Crippen LogP contribution in [0.5, 0.6) is 0 Å². The van der Waals surface area contributed by atoms with Crippen LogP contribution >= 0.6 is 15.9 Å². The summed E-state index contributed by atoms with van der Waals surface area (Å²) in [4.78, 5) is 16.2. The molecule has 6 nitrogen and oxygen atoms in total. The molecule has 0 spiro atoms. The van der Waals surface area contributed by atoms with E-state index in [0.717, 1.165) is 10.0 Å². The first kappa shape index (κ1) is 16.1. The molecule has 3 aromatic rings. The minimum atomic E-state index is -0.235. The standard InChI is InChI=1S/C17H14BrN5O/c18-14-5-1-4-13(9-14)17(24)21-16-7-6-15(22-23-16)20-11-12-3-2-8-19-10-12/h1-10H,11H2,(H,20,22)(H,21,23,24). The number of nitrogens with one attached hydrogen (secondary N) is 2. The first-order chi connectivity index (χ1) is 11.7. The summed E-state index contributed by atoms with van der Waals surface area (Å²) < 4.78 is 0.844. The van der Waals surface area contributed by atoms with Crippen molar-refractivity contribution in [3.63, 3.8) is 0 Å². The average Bonchev–Trinajstić information content (AvgIpc) is 2.62. The van der Waals surface area contributed by atoms with Crippen LogP contribution in [0, 0.1) is 0 Å². The zero-order valence-corrected chi connectivity index (χ0v) is 14.2. The Labute approximate surface area is 147 Å². The van der Waals surface area contributed by atoms with E-state index in [4.69, 9.17) is 0 Å². The SMILES string of the molecule is O=C(Nc1ccc(NCc2cccnc2)nn1)c1cccc(Br)c1. The summed E-state index contributed by atoms with van der Waals surface area (Å²) in [5, 5.41) is 13.9. The third kappa shape index (κ3) is 4.36. The number of nitrogens with zero attached hydrogens (tertiary/aromatic N) is 3. The lowest BCUT2D eigenvalue weighted by Crippen LogP contribution is -2.13. The largest absolute Gasteiger partial charge is 0.364 e. The molecular formula is C17H14BrN5O. The number of anilines is 2. The molecule has 0 radical (unpaired) electrons. The number of halogens is 1. The highest BCUT2D eigenvalue weighted by molar-refractivity contribution is 9.10. The van der Waals surface area contributed by atoms with Crippen LogP contribution in [0.2, 0.25) is 0 Å². The van der Waals surface area contributed by atoms with Crippen LogP contribution in [0.15, 0.2) is 65.4 Å². The van der Waals surface area contributed by atoms with Crippen molar-refractivity contribution in [3.05, 3.63) is 76.5 Å². The summed E-state index contributed by atoms with van der Waals surface area (Å²) in [6.45, 7) is 0.603. The lowest BCUT2D eigenvalue weighted by molar-refractivity contribution is 0.102. The number of benzene rings is 1. The van der Waals surface area contributed by atoms with Gasteiger partial charge in [0.05, 0.1) is 0 Å². The summed E-state index contributed by atoms with van der Waals surface area (Å²) in [7, 11) is 0. The van der Waals surface area contributed by atoms with E-state index in [1.54, 1.807) is 42.7 Å². The smallest absolute Gasteiger partial charge is 0.256 e. The number of amides is 1. The second kappa shape index (κ2) is 7.65. The van der Waals surface area contributed by atoms with Crippen molar-refractivity contribution in [2.45, 2.75) is 6.54 Å². The zero-order chi connectivity index (χ0) is 16.8. The molecule has 2 aromatic heterocycles. The highest BCUT2D eigenvalue weighted by atomic mass is 79.9. The van der Waals surface area contributed by atoms with Crippen LogP contribution in [-0.4, -0.2) is 21.1 Å². The Morgan fingerprint density at radius 1 is 1.04 bits per heavy atom. The molecule has 120 valence electrons. The maximum atomic E-state index is 12.1. The third-order valence-electron chi connectivity index (χ3n) is 3.19. The van der Waals surface area contributed by atoms with Gasteiger partial charge >= 0.3 is 0 Å². The van der Waals surface area contributed by atoms with Gasteiger partial charge in [-0.3, -0.25) is 9.78 Å². The Kier molecular flexibility index (Phi) is 5.12. The summed E-state index contributed by atoms with van der Waals surface area (Å²) in [5.74, 6) is 0.785. The zero-order valence-electron chi connectivity index (χ0n) is 12.6. The second-order valence-corrected chi connectivity index (χ2v) is 5.90. The molecule has 2 N–H and O–H groups in total. The maximum Gasteiger partial charge on any atom is 0.256 e.